The topological polar surface area (TPSA) is 20.3 Å². The van der Waals surface area contributed by atoms with Crippen LogP contribution in [0, 0.1) is 6.92 Å². The fourth-order valence-electron chi connectivity index (χ4n) is 2.24. The van der Waals surface area contributed by atoms with Crippen molar-refractivity contribution in [1.82, 2.24) is 4.90 Å². The Morgan fingerprint density at radius 3 is 2.55 bits per heavy atom. The van der Waals surface area contributed by atoms with Crippen LogP contribution >= 0.6 is 11.8 Å². The smallest absolute Gasteiger partial charge is 0.254 e. The van der Waals surface area contributed by atoms with Gasteiger partial charge in [0.1, 0.15) is 0 Å². The van der Waals surface area contributed by atoms with Gasteiger partial charge >= 0.3 is 0 Å². The highest BCUT2D eigenvalue weighted by Crippen LogP contribution is 2.21. The average molecular weight is 293 g/mol. The summed E-state index contributed by atoms with van der Waals surface area (Å²) in [7, 11) is 0. The second kappa shape index (κ2) is 8.35. The average Bonchev–Trinajstić information content (AvgIpc) is 2.43. The molecule has 2 nitrogen and oxygen atoms in total. The molecule has 0 aliphatic heterocycles. The molecule has 0 unspecified atom stereocenters. The zero-order valence-corrected chi connectivity index (χ0v) is 14.2. The van der Waals surface area contributed by atoms with E-state index in [2.05, 4.69) is 26.8 Å². The van der Waals surface area contributed by atoms with Gasteiger partial charge in [0.25, 0.3) is 5.91 Å². The SMILES string of the molecule is CCCCCN(C(=O)c1cc(SC)ccc1C)C(C)C. The zero-order chi connectivity index (χ0) is 15.1. The molecule has 20 heavy (non-hydrogen) atoms. The highest BCUT2D eigenvalue weighted by molar-refractivity contribution is 7.98. The Morgan fingerprint density at radius 1 is 1.30 bits per heavy atom. The summed E-state index contributed by atoms with van der Waals surface area (Å²) in [6.07, 6.45) is 5.49. The predicted octanol–water partition coefficient (Wildman–Crippen LogP) is 4.76. The number of benzene rings is 1. The van der Waals surface area contributed by atoms with Gasteiger partial charge in [-0.25, -0.2) is 0 Å². The monoisotopic (exact) mass is 293 g/mol. The number of unbranched alkanes of at least 4 members (excludes halogenated alkanes) is 2. The Morgan fingerprint density at radius 2 is 2.00 bits per heavy atom. The van der Waals surface area contributed by atoms with Gasteiger partial charge in [-0.15, -0.1) is 11.8 Å². The third-order valence-corrected chi connectivity index (χ3v) is 4.29. The first kappa shape index (κ1) is 17.1. The Hall–Kier alpha value is -0.960. The molecule has 0 radical (unpaired) electrons. The van der Waals surface area contributed by atoms with E-state index < -0.39 is 0 Å². The van der Waals surface area contributed by atoms with Crippen LogP contribution in [0.5, 0.6) is 0 Å². The van der Waals surface area contributed by atoms with Crippen LogP contribution in [0.4, 0.5) is 0 Å². The van der Waals surface area contributed by atoms with Crippen molar-refractivity contribution in [1.29, 1.82) is 0 Å². The van der Waals surface area contributed by atoms with E-state index in [1.807, 2.05) is 30.2 Å². The Labute approximate surface area is 127 Å². The van der Waals surface area contributed by atoms with E-state index in [1.54, 1.807) is 11.8 Å². The number of carbonyl (C=O) groups is 1. The second-order valence-corrected chi connectivity index (χ2v) is 6.36. The van der Waals surface area contributed by atoms with Gasteiger partial charge in [0.05, 0.1) is 0 Å². The number of carbonyl (C=O) groups excluding carboxylic acids is 1. The van der Waals surface area contributed by atoms with Gasteiger partial charge in [-0.1, -0.05) is 25.8 Å². The van der Waals surface area contributed by atoms with Crippen molar-refractivity contribution in [2.45, 2.75) is 57.9 Å². The summed E-state index contributed by atoms with van der Waals surface area (Å²) in [5, 5.41) is 0. The summed E-state index contributed by atoms with van der Waals surface area (Å²) in [5.74, 6) is 0.171. The fraction of sp³-hybridized carbons (Fsp3) is 0.588. The number of rotatable bonds is 7. The molecule has 112 valence electrons. The van der Waals surface area contributed by atoms with Crippen LogP contribution in [0.1, 0.15) is 56.0 Å². The van der Waals surface area contributed by atoms with Crippen molar-refractivity contribution in [3.63, 3.8) is 0 Å². The maximum atomic E-state index is 12.8. The van der Waals surface area contributed by atoms with Crippen LogP contribution in [0.25, 0.3) is 0 Å². The largest absolute Gasteiger partial charge is 0.336 e. The molecule has 3 heteroatoms. The van der Waals surface area contributed by atoms with Crippen LogP contribution in [0.3, 0.4) is 0 Å². The lowest BCUT2D eigenvalue weighted by molar-refractivity contribution is 0.0701. The number of aryl methyl sites for hydroxylation is 1. The summed E-state index contributed by atoms with van der Waals surface area (Å²) < 4.78 is 0. The molecule has 0 N–H and O–H groups in total. The predicted molar refractivity (Wildman–Crippen MR) is 88.7 cm³/mol. The lowest BCUT2D eigenvalue weighted by Crippen LogP contribution is -2.38. The van der Waals surface area contributed by atoms with E-state index in [4.69, 9.17) is 0 Å². The minimum atomic E-state index is 0.171. The Balaban J connectivity index is 2.93. The molecular weight excluding hydrogens is 266 g/mol. The van der Waals surface area contributed by atoms with E-state index in [0.717, 1.165) is 29.0 Å². The minimum absolute atomic E-state index is 0.171. The maximum absolute atomic E-state index is 12.8. The number of thioether (sulfide) groups is 1. The first-order valence-electron chi connectivity index (χ1n) is 7.46. The molecule has 0 saturated heterocycles. The molecule has 0 aromatic heterocycles. The Kier molecular flexibility index (Phi) is 7.14. The molecule has 1 aromatic carbocycles. The first-order valence-corrected chi connectivity index (χ1v) is 8.69. The number of amides is 1. The van der Waals surface area contributed by atoms with E-state index >= 15 is 0 Å². The van der Waals surface area contributed by atoms with Gasteiger partial charge in [0, 0.05) is 23.0 Å². The number of hydrogen-bond donors (Lipinski definition) is 0. The summed E-state index contributed by atoms with van der Waals surface area (Å²) in [6.45, 7) is 9.25. The van der Waals surface area contributed by atoms with Crippen molar-refractivity contribution >= 4 is 17.7 Å². The van der Waals surface area contributed by atoms with Crippen molar-refractivity contribution in [3.05, 3.63) is 29.3 Å². The van der Waals surface area contributed by atoms with Crippen molar-refractivity contribution in [2.24, 2.45) is 0 Å². The molecule has 0 bridgehead atoms. The van der Waals surface area contributed by atoms with Crippen molar-refractivity contribution in [3.8, 4) is 0 Å². The van der Waals surface area contributed by atoms with Gasteiger partial charge < -0.3 is 4.90 Å². The van der Waals surface area contributed by atoms with Crippen LogP contribution in [0.15, 0.2) is 23.1 Å². The summed E-state index contributed by atoms with van der Waals surface area (Å²) in [5.41, 5.74) is 1.91. The van der Waals surface area contributed by atoms with Gasteiger partial charge in [0.15, 0.2) is 0 Å². The summed E-state index contributed by atoms with van der Waals surface area (Å²) in [4.78, 5) is 15.9. The molecular formula is C17H27NOS. The Bertz CT molecular complexity index is 443. The molecule has 0 atom stereocenters. The highest BCUT2D eigenvalue weighted by atomic mass is 32.2. The van der Waals surface area contributed by atoms with E-state index in [1.165, 1.54) is 12.8 Å². The van der Waals surface area contributed by atoms with Crippen LogP contribution in [-0.2, 0) is 0 Å². The molecule has 0 heterocycles. The number of hydrogen-bond acceptors (Lipinski definition) is 2. The lowest BCUT2D eigenvalue weighted by Gasteiger charge is -2.27. The maximum Gasteiger partial charge on any atom is 0.254 e. The fourth-order valence-corrected chi connectivity index (χ4v) is 2.68. The van der Waals surface area contributed by atoms with E-state index in [-0.39, 0.29) is 11.9 Å². The third kappa shape index (κ3) is 4.55. The first-order chi connectivity index (χ1) is 9.51. The van der Waals surface area contributed by atoms with E-state index in [9.17, 15) is 4.79 Å². The summed E-state index contributed by atoms with van der Waals surface area (Å²) in [6, 6.07) is 6.39. The molecule has 1 rings (SSSR count). The normalized spacial score (nSPS) is 10.9. The molecule has 1 amide bonds. The molecule has 0 aliphatic rings. The van der Waals surface area contributed by atoms with Crippen LogP contribution in [-0.4, -0.2) is 29.6 Å². The molecule has 1 aromatic rings. The molecule has 0 spiro atoms. The van der Waals surface area contributed by atoms with E-state index in [0.29, 0.717) is 0 Å². The van der Waals surface area contributed by atoms with Gasteiger partial charge in [-0.3, -0.25) is 4.79 Å². The van der Waals surface area contributed by atoms with Gasteiger partial charge in [-0.05, 0) is 51.1 Å². The zero-order valence-electron chi connectivity index (χ0n) is 13.4. The molecule has 0 aliphatic carbocycles. The minimum Gasteiger partial charge on any atom is -0.336 e. The number of nitrogens with zero attached hydrogens (tertiary/aromatic N) is 1. The van der Waals surface area contributed by atoms with Crippen LogP contribution < -0.4 is 0 Å². The molecule has 0 saturated carbocycles. The lowest BCUT2D eigenvalue weighted by atomic mass is 10.1. The standard InChI is InChI=1S/C17H27NOS/c1-6-7-8-11-18(13(2)3)17(19)16-12-15(20-5)10-9-14(16)4/h9-10,12-13H,6-8,11H2,1-5H3. The van der Waals surface area contributed by atoms with Crippen molar-refractivity contribution < 1.29 is 4.79 Å². The summed E-state index contributed by atoms with van der Waals surface area (Å²) >= 11 is 1.68. The van der Waals surface area contributed by atoms with Gasteiger partial charge in [-0.2, -0.15) is 0 Å². The quantitative estimate of drug-likeness (QED) is 0.534. The third-order valence-electron chi connectivity index (χ3n) is 3.56. The van der Waals surface area contributed by atoms with Crippen molar-refractivity contribution in [2.75, 3.05) is 12.8 Å². The van der Waals surface area contributed by atoms with Gasteiger partial charge in [0.2, 0.25) is 0 Å². The molecule has 0 fully saturated rings. The second-order valence-electron chi connectivity index (χ2n) is 5.48. The highest BCUT2D eigenvalue weighted by Gasteiger charge is 2.20. The van der Waals surface area contributed by atoms with Crippen LogP contribution in [0.2, 0.25) is 0 Å².